The van der Waals surface area contributed by atoms with E-state index in [9.17, 15) is 0 Å². The van der Waals surface area contributed by atoms with E-state index < -0.39 is 0 Å². The molecule has 1 fully saturated rings. The molecule has 1 saturated carbocycles. The van der Waals surface area contributed by atoms with Gasteiger partial charge in [0, 0.05) is 24.1 Å². The number of benzene rings is 3. The highest BCUT2D eigenvalue weighted by molar-refractivity contribution is 5.35. The molecule has 1 aliphatic rings. The normalized spacial score (nSPS) is 19.2. The zero-order chi connectivity index (χ0) is 19.9. The number of rotatable bonds is 7. The maximum absolute atomic E-state index is 5.56. The first-order valence-electron chi connectivity index (χ1n) is 10.8. The molecular weight excluding hydrogens is 354 g/mol. The van der Waals surface area contributed by atoms with Crippen LogP contribution >= 0.6 is 0 Å². The number of hydrogen-bond acceptors (Lipinski definition) is 2. The van der Waals surface area contributed by atoms with Crippen LogP contribution in [0.5, 0.6) is 5.75 Å². The average molecular weight is 386 g/mol. The van der Waals surface area contributed by atoms with Gasteiger partial charge in [0.25, 0.3) is 0 Å². The van der Waals surface area contributed by atoms with Gasteiger partial charge in [-0.1, -0.05) is 91.7 Å². The molecule has 3 aromatic rings. The van der Waals surface area contributed by atoms with E-state index in [0.717, 1.165) is 12.3 Å². The summed E-state index contributed by atoms with van der Waals surface area (Å²) in [6, 6.07) is 30.9. The van der Waals surface area contributed by atoms with Gasteiger partial charge in [0.1, 0.15) is 5.75 Å². The Hall–Kier alpha value is -2.58. The molecule has 4 rings (SSSR count). The molecule has 1 N–H and O–H groups in total. The monoisotopic (exact) mass is 385 g/mol. The van der Waals surface area contributed by atoms with Crippen LogP contribution in [0.2, 0.25) is 0 Å². The quantitative estimate of drug-likeness (QED) is 0.525. The summed E-state index contributed by atoms with van der Waals surface area (Å²) in [6.07, 6.45) is 5.11. The van der Waals surface area contributed by atoms with Crippen LogP contribution in [0.1, 0.15) is 48.3 Å². The molecule has 1 aliphatic carbocycles. The second-order valence-electron chi connectivity index (χ2n) is 8.05. The lowest BCUT2D eigenvalue weighted by molar-refractivity contribution is 0.238. The van der Waals surface area contributed by atoms with Crippen LogP contribution in [-0.4, -0.2) is 13.2 Å². The third kappa shape index (κ3) is 4.71. The molecule has 2 heteroatoms. The fourth-order valence-electron chi connectivity index (χ4n) is 4.91. The molecule has 0 aromatic heterocycles. The Balaban J connectivity index is 1.60. The predicted octanol–water partition coefficient (Wildman–Crippen LogP) is 6.18. The Morgan fingerprint density at radius 2 is 1.38 bits per heavy atom. The number of hydrogen-bond donors (Lipinski definition) is 1. The second kappa shape index (κ2) is 9.76. The number of nitrogens with one attached hydrogen (secondary N) is 1. The Kier molecular flexibility index (Phi) is 6.63. The average Bonchev–Trinajstić information content (AvgIpc) is 2.80. The van der Waals surface area contributed by atoms with Crippen molar-refractivity contribution in [2.45, 2.75) is 44.2 Å². The maximum atomic E-state index is 5.56. The molecule has 0 bridgehead atoms. The summed E-state index contributed by atoms with van der Waals surface area (Å²) in [5.41, 5.74) is 4.08. The predicted molar refractivity (Wildman–Crippen MR) is 120 cm³/mol. The van der Waals surface area contributed by atoms with E-state index >= 15 is 0 Å². The van der Waals surface area contributed by atoms with Crippen LogP contribution in [0.3, 0.4) is 0 Å². The molecule has 0 saturated heterocycles. The van der Waals surface area contributed by atoms with Crippen molar-refractivity contribution in [1.29, 1.82) is 0 Å². The van der Waals surface area contributed by atoms with Gasteiger partial charge in [0.15, 0.2) is 0 Å². The third-order valence-corrected chi connectivity index (χ3v) is 6.31. The third-order valence-electron chi connectivity index (χ3n) is 6.31. The fourth-order valence-corrected chi connectivity index (χ4v) is 4.91. The lowest BCUT2D eigenvalue weighted by atomic mass is 9.71. The summed E-state index contributed by atoms with van der Waals surface area (Å²) in [7, 11) is 1.75. The maximum Gasteiger partial charge on any atom is 0.123 e. The SMILES string of the molecule is COc1ccccc1CN[C@@H]1CCCC[C@@H]1C(c1ccccc1)c1ccccc1. The smallest absolute Gasteiger partial charge is 0.123 e. The molecule has 0 unspecified atom stereocenters. The Labute approximate surface area is 174 Å². The van der Waals surface area contributed by atoms with Crippen LogP contribution in [0.25, 0.3) is 0 Å². The van der Waals surface area contributed by atoms with Crippen molar-refractivity contribution in [1.82, 2.24) is 5.32 Å². The summed E-state index contributed by atoms with van der Waals surface area (Å²) in [6.45, 7) is 0.849. The van der Waals surface area contributed by atoms with Gasteiger partial charge in [-0.2, -0.15) is 0 Å². The van der Waals surface area contributed by atoms with Gasteiger partial charge in [-0.15, -0.1) is 0 Å². The van der Waals surface area contributed by atoms with Crippen LogP contribution in [0.4, 0.5) is 0 Å². The first-order valence-corrected chi connectivity index (χ1v) is 10.8. The van der Waals surface area contributed by atoms with Gasteiger partial charge in [-0.3, -0.25) is 0 Å². The van der Waals surface area contributed by atoms with E-state index in [1.54, 1.807) is 7.11 Å². The van der Waals surface area contributed by atoms with E-state index in [1.165, 1.54) is 42.4 Å². The van der Waals surface area contributed by atoms with Gasteiger partial charge in [0.05, 0.1) is 7.11 Å². The first-order chi connectivity index (χ1) is 14.4. The van der Waals surface area contributed by atoms with Crippen molar-refractivity contribution in [2.24, 2.45) is 5.92 Å². The minimum Gasteiger partial charge on any atom is -0.496 e. The molecule has 0 radical (unpaired) electrons. The topological polar surface area (TPSA) is 21.3 Å². The van der Waals surface area contributed by atoms with Crippen molar-refractivity contribution in [3.05, 3.63) is 102 Å². The standard InChI is InChI=1S/C27H31NO/c1-29-26-19-11-8-16-23(26)20-28-25-18-10-9-17-24(25)27(21-12-4-2-5-13-21)22-14-6-3-7-15-22/h2-8,11-16,19,24-25,27-28H,9-10,17-18,20H2,1H3/t24-,25+/m0/s1. The molecule has 0 aliphatic heterocycles. The number of para-hydroxylation sites is 1. The molecule has 29 heavy (non-hydrogen) atoms. The second-order valence-corrected chi connectivity index (χ2v) is 8.05. The van der Waals surface area contributed by atoms with E-state index in [2.05, 4.69) is 78.1 Å². The lowest BCUT2D eigenvalue weighted by Crippen LogP contribution is -2.41. The Morgan fingerprint density at radius 3 is 2.03 bits per heavy atom. The highest BCUT2D eigenvalue weighted by atomic mass is 16.5. The molecule has 0 heterocycles. The number of methoxy groups -OCH3 is 1. The van der Waals surface area contributed by atoms with E-state index in [4.69, 9.17) is 4.74 Å². The summed E-state index contributed by atoms with van der Waals surface area (Å²) in [5, 5.41) is 3.90. The molecule has 0 amide bonds. The molecule has 3 aromatic carbocycles. The zero-order valence-electron chi connectivity index (χ0n) is 17.3. The lowest BCUT2D eigenvalue weighted by Gasteiger charge is -2.38. The molecule has 150 valence electrons. The van der Waals surface area contributed by atoms with Gasteiger partial charge < -0.3 is 10.1 Å². The van der Waals surface area contributed by atoms with Gasteiger partial charge >= 0.3 is 0 Å². The molecule has 0 spiro atoms. The summed E-state index contributed by atoms with van der Waals surface area (Å²) < 4.78 is 5.56. The van der Waals surface area contributed by atoms with E-state index in [0.29, 0.717) is 17.9 Å². The van der Waals surface area contributed by atoms with Gasteiger partial charge in [-0.25, -0.2) is 0 Å². The fraction of sp³-hybridized carbons (Fsp3) is 0.333. The summed E-state index contributed by atoms with van der Waals surface area (Å²) >= 11 is 0. The Morgan fingerprint density at radius 1 is 0.793 bits per heavy atom. The van der Waals surface area contributed by atoms with Crippen molar-refractivity contribution in [3.8, 4) is 5.75 Å². The van der Waals surface area contributed by atoms with Crippen LogP contribution in [0, 0.1) is 5.92 Å². The van der Waals surface area contributed by atoms with Crippen molar-refractivity contribution >= 4 is 0 Å². The molecule has 2 nitrogen and oxygen atoms in total. The van der Waals surface area contributed by atoms with Crippen LogP contribution < -0.4 is 10.1 Å². The first kappa shape index (κ1) is 19.7. The summed E-state index contributed by atoms with van der Waals surface area (Å²) in [4.78, 5) is 0. The van der Waals surface area contributed by atoms with Crippen molar-refractivity contribution in [2.75, 3.05) is 7.11 Å². The molecular formula is C27H31NO. The Bertz CT molecular complexity index is 838. The van der Waals surface area contributed by atoms with E-state index in [-0.39, 0.29) is 0 Å². The minimum atomic E-state index is 0.424. The molecule has 2 atom stereocenters. The zero-order valence-corrected chi connectivity index (χ0v) is 17.3. The van der Waals surface area contributed by atoms with Crippen molar-refractivity contribution in [3.63, 3.8) is 0 Å². The number of ether oxygens (including phenoxy) is 1. The highest BCUT2D eigenvalue weighted by Gasteiger charge is 2.33. The van der Waals surface area contributed by atoms with Crippen LogP contribution in [-0.2, 0) is 6.54 Å². The van der Waals surface area contributed by atoms with E-state index in [1.807, 2.05) is 12.1 Å². The minimum absolute atomic E-state index is 0.424. The van der Waals surface area contributed by atoms with Gasteiger partial charge in [0.2, 0.25) is 0 Å². The van der Waals surface area contributed by atoms with Crippen molar-refractivity contribution < 1.29 is 4.74 Å². The van der Waals surface area contributed by atoms with Crippen LogP contribution in [0.15, 0.2) is 84.9 Å². The highest BCUT2D eigenvalue weighted by Crippen LogP contribution is 2.40. The van der Waals surface area contributed by atoms with Gasteiger partial charge in [-0.05, 0) is 36.0 Å². The summed E-state index contributed by atoms with van der Waals surface area (Å²) in [5.74, 6) is 1.98. The largest absolute Gasteiger partial charge is 0.496 e.